The number of carbonyl (C=O) groups excluding carboxylic acids is 2. The lowest BCUT2D eigenvalue weighted by atomic mass is 10.1. The summed E-state index contributed by atoms with van der Waals surface area (Å²) < 4.78 is 0. The Morgan fingerprint density at radius 1 is 1.10 bits per heavy atom. The van der Waals surface area contributed by atoms with E-state index >= 15 is 0 Å². The van der Waals surface area contributed by atoms with Crippen LogP contribution in [0.4, 0.5) is 0 Å². The number of carboxylic acid groups (broad SMARTS) is 2. The standard InChI is InChI=1S/C13H9NO6/c15-9-6-3-1-2-4-7(6)10(16)14(9)13(12(19)20)5-8(13)11(17)18/h1-4,8H,5H2,(H,17,18)(H,19,20)/t8-,13-/m0/s1. The maximum atomic E-state index is 12.2. The van der Waals surface area contributed by atoms with Gasteiger partial charge in [-0.25, -0.2) is 4.79 Å². The van der Waals surface area contributed by atoms with Crippen molar-refractivity contribution in [1.29, 1.82) is 0 Å². The van der Waals surface area contributed by atoms with Gasteiger partial charge in [0.05, 0.1) is 17.0 Å². The highest BCUT2D eigenvalue weighted by Gasteiger charge is 2.72. The molecule has 7 nitrogen and oxygen atoms in total. The van der Waals surface area contributed by atoms with Crippen LogP contribution in [0.25, 0.3) is 0 Å². The molecule has 1 saturated carbocycles. The molecular formula is C13H9NO6. The summed E-state index contributed by atoms with van der Waals surface area (Å²) in [6, 6.07) is 5.96. The molecule has 20 heavy (non-hydrogen) atoms. The van der Waals surface area contributed by atoms with Crippen molar-refractivity contribution in [3.63, 3.8) is 0 Å². The minimum atomic E-state index is -1.96. The van der Waals surface area contributed by atoms with E-state index in [9.17, 15) is 24.3 Å². The van der Waals surface area contributed by atoms with Gasteiger partial charge in [-0.15, -0.1) is 0 Å². The maximum Gasteiger partial charge on any atom is 0.331 e. The third kappa shape index (κ3) is 1.29. The molecule has 1 fully saturated rings. The summed E-state index contributed by atoms with van der Waals surface area (Å²) in [6.07, 6.45) is -0.261. The van der Waals surface area contributed by atoms with Gasteiger partial charge in [-0.2, -0.15) is 0 Å². The number of hydrogen-bond acceptors (Lipinski definition) is 4. The summed E-state index contributed by atoms with van der Waals surface area (Å²) in [6.45, 7) is 0. The zero-order valence-corrected chi connectivity index (χ0v) is 10.1. The lowest BCUT2D eigenvalue weighted by Gasteiger charge is -2.22. The van der Waals surface area contributed by atoms with Gasteiger partial charge in [0, 0.05) is 0 Å². The molecule has 0 bridgehead atoms. The number of rotatable bonds is 3. The van der Waals surface area contributed by atoms with Crippen LogP contribution >= 0.6 is 0 Å². The molecule has 1 heterocycles. The molecule has 1 aliphatic heterocycles. The number of nitrogens with zero attached hydrogens (tertiary/aromatic N) is 1. The van der Waals surface area contributed by atoms with E-state index in [0.717, 1.165) is 0 Å². The Balaban J connectivity index is 2.09. The van der Waals surface area contributed by atoms with Crippen molar-refractivity contribution in [3.05, 3.63) is 35.4 Å². The summed E-state index contributed by atoms with van der Waals surface area (Å²) >= 11 is 0. The number of imide groups is 1. The number of amides is 2. The van der Waals surface area contributed by atoms with Crippen molar-refractivity contribution >= 4 is 23.8 Å². The quantitative estimate of drug-likeness (QED) is 0.762. The molecule has 2 N–H and O–H groups in total. The largest absolute Gasteiger partial charge is 0.481 e. The van der Waals surface area contributed by atoms with Crippen molar-refractivity contribution in [3.8, 4) is 0 Å². The van der Waals surface area contributed by atoms with E-state index in [1.165, 1.54) is 12.1 Å². The minimum absolute atomic E-state index is 0.106. The Bertz CT molecular complexity index is 646. The second-order valence-electron chi connectivity index (χ2n) is 4.82. The highest BCUT2D eigenvalue weighted by atomic mass is 16.4. The second-order valence-corrected chi connectivity index (χ2v) is 4.82. The summed E-state index contributed by atoms with van der Waals surface area (Å²) in [4.78, 5) is 47.4. The highest BCUT2D eigenvalue weighted by Crippen LogP contribution is 2.51. The SMILES string of the molecule is O=C(O)[C@@H]1C[C@]1(C(=O)O)N1C(=O)c2ccccc2C1=O. The average molecular weight is 275 g/mol. The topological polar surface area (TPSA) is 112 Å². The van der Waals surface area contributed by atoms with Crippen LogP contribution in [0.3, 0.4) is 0 Å². The first-order valence-corrected chi connectivity index (χ1v) is 5.85. The van der Waals surface area contributed by atoms with E-state index < -0.39 is 35.2 Å². The van der Waals surface area contributed by atoms with E-state index in [0.29, 0.717) is 4.90 Å². The smallest absolute Gasteiger partial charge is 0.331 e. The van der Waals surface area contributed by atoms with Crippen molar-refractivity contribution in [2.24, 2.45) is 5.92 Å². The van der Waals surface area contributed by atoms with E-state index in [2.05, 4.69) is 0 Å². The van der Waals surface area contributed by atoms with Crippen LogP contribution in [-0.2, 0) is 9.59 Å². The molecule has 2 amide bonds. The van der Waals surface area contributed by atoms with Crippen LogP contribution < -0.4 is 0 Å². The van der Waals surface area contributed by atoms with Crippen molar-refractivity contribution in [2.75, 3.05) is 0 Å². The van der Waals surface area contributed by atoms with Gasteiger partial charge in [-0.05, 0) is 18.6 Å². The van der Waals surface area contributed by atoms with Crippen LogP contribution in [0.5, 0.6) is 0 Å². The van der Waals surface area contributed by atoms with Crippen LogP contribution in [-0.4, -0.2) is 44.4 Å². The van der Waals surface area contributed by atoms with Gasteiger partial charge in [0.15, 0.2) is 5.54 Å². The highest BCUT2D eigenvalue weighted by molar-refractivity contribution is 6.24. The molecule has 0 spiro atoms. The molecule has 2 atom stereocenters. The number of carbonyl (C=O) groups is 4. The molecular weight excluding hydrogens is 266 g/mol. The van der Waals surface area contributed by atoms with Crippen molar-refractivity contribution < 1.29 is 29.4 Å². The van der Waals surface area contributed by atoms with Gasteiger partial charge in [0.1, 0.15) is 0 Å². The molecule has 7 heteroatoms. The zero-order valence-electron chi connectivity index (χ0n) is 10.1. The zero-order chi connectivity index (χ0) is 14.7. The molecule has 1 aliphatic carbocycles. The number of carboxylic acids is 2. The molecule has 3 rings (SSSR count). The molecule has 0 radical (unpaired) electrons. The monoisotopic (exact) mass is 275 g/mol. The number of hydrogen-bond donors (Lipinski definition) is 2. The fourth-order valence-corrected chi connectivity index (χ4v) is 2.67. The molecule has 0 aromatic heterocycles. The van der Waals surface area contributed by atoms with E-state index in [1.54, 1.807) is 12.1 Å². The van der Waals surface area contributed by atoms with Crippen LogP contribution in [0, 0.1) is 5.92 Å². The lowest BCUT2D eigenvalue weighted by molar-refractivity contribution is -0.148. The van der Waals surface area contributed by atoms with E-state index in [-0.39, 0.29) is 17.5 Å². The minimum Gasteiger partial charge on any atom is -0.481 e. The fraction of sp³-hybridized carbons (Fsp3) is 0.231. The first-order valence-electron chi connectivity index (χ1n) is 5.85. The summed E-state index contributed by atoms with van der Waals surface area (Å²) in [5, 5.41) is 18.3. The molecule has 1 aromatic carbocycles. The van der Waals surface area contributed by atoms with Gasteiger partial charge in [-0.1, -0.05) is 12.1 Å². The third-order valence-electron chi connectivity index (χ3n) is 3.79. The number of fused-ring (bicyclic) bond motifs is 1. The average Bonchev–Trinajstić information content (AvgIpc) is 3.10. The normalized spacial score (nSPS) is 27.4. The van der Waals surface area contributed by atoms with Crippen LogP contribution in [0.2, 0.25) is 0 Å². The molecule has 1 aromatic rings. The Kier molecular flexibility index (Phi) is 2.26. The van der Waals surface area contributed by atoms with Crippen molar-refractivity contribution in [1.82, 2.24) is 4.90 Å². The first kappa shape index (κ1) is 12.3. The molecule has 2 aliphatic rings. The van der Waals surface area contributed by atoms with E-state index in [1.807, 2.05) is 0 Å². The van der Waals surface area contributed by atoms with Gasteiger partial charge in [-0.3, -0.25) is 19.3 Å². The van der Waals surface area contributed by atoms with Gasteiger partial charge in [0.2, 0.25) is 0 Å². The van der Waals surface area contributed by atoms with Crippen molar-refractivity contribution in [2.45, 2.75) is 12.0 Å². The summed E-state index contributed by atoms with van der Waals surface area (Å²) in [7, 11) is 0. The lowest BCUT2D eigenvalue weighted by Crippen LogP contribution is -2.49. The molecule has 102 valence electrons. The van der Waals surface area contributed by atoms with Crippen LogP contribution in [0.1, 0.15) is 27.1 Å². The fourth-order valence-electron chi connectivity index (χ4n) is 2.67. The Morgan fingerprint density at radius 3 is 1.95 bits per heavy atom. The predicted molar refractivity (Wildman–Crippen MR) is 63.1 cm³/mol. The van der Waals surface area contributed by atoms with Gasteiger partial charge >= 0.3 is 11.9 Å². The molecule has 0 saturated heterocycles. The molecule has 0 unspecified atom stereocenters. The summed E-state index contributed by atoms with van der Waals surface area (Å²) in [5.74, 6) is -5.57. The Morgan fingerprint density at radius 2 is 1.60 bits per heavy atom. The number of benzene rings is 1. The summed E-state index contributed by atoms with van der Waals surface area (Å²) in [5.41, 5.74) is -1.75. The Labute approximate surface area is 112 Å². The predicted octanol–water partition coefficient (Wildman–Crippen LogP) is 0.210. The Hall–Kier alpha value is -2.70. The van der Waals surface area contributed by atoms with E-state index in [4.69, 9.17) is 5.11 Å². The van der Waals surface area contributed by atoms with Gasteiger partial charge in [0.25, 0.3) is 11.8 Å². The first-order chi connectivity index (χ1) is 9.41. The maximum absolute atomic E-state index is 12.2. The van der Waals surface area contributed by atoms with Gasteiger partial charge < -0.3 is 10.2 Å². The van der Waals surface area contributed by atoms with Crippen LogP contribution in [0.15, 0.2) is 24.3 Å². The number of aliphatic carboxylic acids is 2. The second kappa shape index (κ2) is 3.66. The third-order valence-corrected chi connectivity index (χ3v) is 3.79.